The van der Waals surface area contributed by atoms with Crippen molar-refractivity contribution in [2.45, 2.75) is 0 Å². The molecule has 7 nitrogen and oxygen atoms in total. The smallest absolute Gasteiger partial charge is 0.227 e. The van der Waals surface area contributed by atoms with E-state index in [1.165, 1.54) is 0 Å². The summed E-state index contributed by atoms with van der Waals surface area (Å²) in [5.41, 5.74) is 1.78. The second-order valence-corrected chi connectivity index (χ2v) is 6.12. The Morgan fingerprint density at radius 3 is 3.24 bits per heavy atom. The Morgan fingerprint density at radius 2 is 2.38 bits per heavy atom. The zero-order chi connectivity index (χ0) is 14.4. The highest BCUT2D eigenvalue weighted by atomic mass is 16.5. The summed E-state index contributed by atoms with van der Waals surface area (Å²) in [4.78, 5) is 15.7. The molecule has 0 saturated carbocycles. The lowest BCUT2D eigenvalue weighted by molar-refractivity contribution is 0.0660. The summed E-state index contributed by atoms with van der Waals surface area (Å²) in [5.74, 6) is 1.26. The standard InChI is InChI=1S/C14H19N5O2/c1-18-9-16-11-3-15-13(17-12(11)18)19-4-10-5-21-8-14(10,6-19)7-20-2/h3,9-10H,4-8H2,1-2H3/t10-,14-/m0/s1. The van der Waals surface area contributed by atoms with Gasteiger partial charge in [-0.15, -0.1) is 0 Å². The topological polar surface area (TPSA) is 65.3 Å². The molecule has 0 amide bonds. The molecule has 0 unspecified atom stereocenters. The van der Waals surface area contributed by atoms with Gasteiger partial charge in [-0.3, -0.25) is 0 Å². The molecule has 112 valence electrons. The van der Waals surface area contributed by atoms with Crippen LogP contribution in [0.25, 0.3) is 11.2 Å². The van der Waals surface area contributed by atoms with Crippen molar-refractivity contribution in [3.05, 3.63) is 12.5 Å². The van der Waals surface area contributed by atoms with Crippen LogP contribution in [0.2, 0.25) is 0 Å². The highest BCUT2D eigenvalue weighted by molar-refractivity contribution is 5.70. The first-order valence-electron chi connectivity index (χ1n) is 7.17. The Morgan fingerprint density at radius 1 is 1.48 bits per heavy atom. The van der Waals surface area contributed by atoms with Gasteiger partial charge in [0.2, 0.25) is 5.95 Å². The van der Waals surface area contributed by atoms with Crippen LogP contribution in [-0.4, -0.2) is 59.5 Å². The minimum absolute atomic E-state index is 0.0829. The molecule has 0 bridgehead atoms. The number of nitrogens with zero attached hydrogens (tertiary/aromatic N) is 5. The molecule has 2 aromatic rings. The summed E-state index contributed by atoms with van der Waals surface area (Å²) in [7, 11) is 3.70. The third kappa shape index (κ3) is 1.91. The summed E-state index contributed by atoms with van der Waals surface area (Å²) in [6.07, 6.45) is 3.56. The van der Waals surface area contributed by atoms with E-state index in [0.717, 1.165) is 50.0 Å². The molecular weight excluding hydrogens is 270 g/mol. The zero-order valence-corrected chi connectivity index (χ0v) is 12.3. The summed E-state index contributed by atoms with van der Waals surface area (Å²) >= 11 is 0. The number of aryl methyl sites for hydroxylation is 1. The maximum absolute atomic E-state index is 5.67. The van der Waals surface area contributed by atoms with Crippen molar-refractivity contribution in [1.82, 2.24) is 19.5 Å². The van der Waals surface area contributed by atoms with Gasteiger partial charge >= 0.3 is 0 Å². The lowest BCUT2D eigenvalue weighted by Crippen LogP contribution is -2.35. The number of imidazole rings is 1. The largest absolute Gasteiger partial charge is 0.384 e. The van der Waals surface area contributed by atoms with Crippen LogP contribution in [0.3, 0.4) is 0 Å². The first kappa shape index (κ1) is 13.0. The Kier molecular flexibility index (Phi) is 2.87. The van der Waals surface area contributed by atoms with Gasteiger partial charge in [-0.25, -0.2) is 9.97 Å². The minimum atomic E-state index is 0.0829. The zero-order valence-electron chi connectivity index (χ0n) is 12.3. The molecule has 2 fully saturated rings. The van der Waals surface area contributed by atoms with Crippen LogP contribution in [0, 0.1) is 11.3 Å². The molecule has 0 aliphatic carbocycles. The summed E-state index contributed by atoms with van der Waals surface area (Å²) in [6, 6.07) is 0. The average Bonchev–Trinajstić information content (AvgIpc) is 3.12. The van der Waals surface area contributed by atoms with Gasteiger partial charge < -0.3 is 18.9 Å². The van der Waals surface area contributed by atoms with Gasteiger partial charge in [0, 0.05) is 38.6 Å². The van der Waals surface area contributed by atoms with E-state index < -0.39 is 0 Å². The van der Waals surface area contributed by atoms with Gasteiger partial charge in [0.25, 0.3) is 0 Å². The SMILES string of the molecule is COC[C@@]12COC[C@@H]1CN(c1ncc3ncn(C)c3n1)C2. The molecule has 2 saturated heterocycles. The van der Waals surface area contributed by atoms with Crippen molar-refractivity contribution >= 4 is 17.1 Å². The molecule has 2 aliphatic heterocycles. The molecular formula is C14H19N5O2. The van der Waals surface area contributed by atoms with E-state index in [1.54, 1.807) is 19.6 Å². The Hall–Kier alpha value is -1.73. The van der Waals surface area contributed by atoms with Gasteiger partial charge in [-0.1, -0.05) is 0 Å². The Labute approximate surface area is 122 Å². The normalized spacial score (nSPS) is 28.5. The maximum atomic E-state index is 5.67. The fourth-order valence-corrected chi connectivity index (χ4v) is 3.54. The number of anilines is 1. The molecule has 2 atom stereocenters. The lowest BCUT2D eigenvalue weighted by atomic mass is 9.82. The van der Waals surface area contributed by atoms with Gasteiger partial charge in [0.15, 0.2) is 5.65 Å². The highest BCUT2D eigenvalue weighted by Gasteiger charge is 2.51. The van der Waals surface area contributed by atoms with E-state index in [1.807, 2.05) is 11.6 Å². The molecule has 4 heterocycles. The maximum Gasteiger partial charge on any atom is 0.227 e. The number of fused-ring (bicyclic) bond motifs is 2. The third-order valence-electron chi connectivity index (χ3n) is 4.68. The summed E-state index contributed by atoms with van der Waals surface area (Å²) < 4.78 is 13.0. The van der Waals surface area contributed by atoms with Gasteiger partial charge in [0.05, 0.1) is 32.3 Å². The summed E-state index contributed by atoms with van der Waals surface area (Å²) in [6.45, 7) is 4.09. The Bertz CT molecular complexity index is 672. The van der Waals surface area contributed by atoms with E-state index >= 15 is 0 Å². The number of ether oxygens (including phenoxy) is 2. The van der Waals surface area contributed by atoms with E-state index in [0.29, 0.717) is 5.92 Å². The van der Waals surface area contributed by atoms with Crippen molar-refractivity contribution in [1.29, 1.82) is 0 Å². The second kappa shape index (κ2) is 4.64. The highest BCUT2D eigenvalue weighted by Crippen LogP contribution is 2.42. The molecule has 2 aromatic heterocycles. The molecule has 2 aliphatic rings. The minimum Gasteiger partial charge on any atom is -0.384 e. The number of hydrogen-bond acceptors (Lipinski definition) is 6. The monoisotopic (exact) mass is 289 g/mol. The fraction of sp³-hybridized carbons (Fsp3) is 0.643. The number of rotatable bonds is 3. The predicted octanol–water partition coefficient (Wildman–Crippen LogP) is 0.462. The lowest BCUT2D eigenvalue weighted by Gasteiger charge is -2.25. The molecule has 0 N–H and O–H groups in total. The second-order valence-electron chi connectivity index (χ2n) is 6.12. The molecule has 4 rings (SSSR count). The van der Waals surface area contributed by atoms with E-state index in [4.69, 9.17) is 9.47 Å². The predicted molar refractivity (Wildman–Crippen MR) is 77.1 cm³/mol. The van der Waals surface area contributed by atoms with Crippen LogP contribution in [-0.2, 0) is 16.5 Å². The molecule has 0 radical (unpaired) electrons. The van der Waals surface area contributed by atoms with Gasteiger partial charge in [0.1, 0.15) is 5.52 Å². The third-order valence-corrected chi connectivity index (χ3v) is 4.68. The Balaban J connectivity index is 1.65. The van der Waals surface area contributed by atoms with Crippen LogP contribution in [0.4, 0.5) is 5.95 Å². The van der Waals surface area contributed by atoms with Crippen LogP contribution >= 0.6 is 0 Å². The molecule has 0 spiro atoms. The van der Waals surface area contributed by atoms with Crippen molar-refractivity contribution in [3.63, 3.8) is 0 Å². The molecule has 0 aromatic carbocycles. The first-order chi connectivity index (χ1) is 10.2. The molecule has 21 heavy (non-hydrogen) atoms. The van der Waals surface area contributed by atoms with Crippen LogP contribution in [0.15, 0.2) is 12.5 Å². The number of methoxy groups -OCH3 is 1. The fourth-order valence-electron chi connectivity index (χ4n) is 3.54. The first-order valence-corrected chi connectivity index (χ1v) is 7.17. The van der Waals surface area contributed by atoms with Crippen LogP contribution < -0.4 is 4.90 Å². The van der Waals surface area contributed by atoms with Gasteiger partial charge in [-0.05, 0) is 0 Å². The number of hydrogen-bond donors (Lipinski definition) is 0. The number of aromatic nitrogens is 4. The van der Waals surface area contributed by atoms with Crippen LogP contribution in [0.5, 0.6) is 0 Å². The quantitative estimate of drug-likeness (QED) is 0.818. The summed E-state index contributed by atoms with van der Waals surface area (Å²) in [5, 5.41) is 0. The van der Waals surface area contributed by atoms with Crippen molar-refractivity contribution in [3.8, 4) is 0 Å². The average molecular weight is 289 g/mol. The van der Waals surface area contributed by atoms with Crippen LogP contribution in [0.1, 0.15) is 0 Å². The molecule has 7 heteroatoms. The van der Waals surface area contributed by atoms with E-state index in [2.05, 4.69) is 19.9 Å². The van der Waals surface area contributed by atoms with Crippen molar-refractivity contribution < 1.29 is 9.47 Å². The van der Waals surface area contributed by atoms with Gasteiger partial charge in [-0.2, -0.15) is 4.98 Å². The van der Waals surface area contributed by atoms with Crippen molar-refractivity contribution in [2.75, 3.05) is 44.9 Å². The van der Waals surface area contributed by atoms with Crippen molar-refractivity contribution in [2.24, 2.45) is 18.4 Å². The van der Waals surface area contributed by atoms with E-state index in [-0.39, 0.29) is 5.41 Å². The van der Waals surface area contributed by atoms with E-state index in [9.17, 15) is 0 Å².